The standard InChI is InChI=1S/C21H29N3O2.ClH/c1-14-10-16-6-2-5-9-19(16)24(14)21(26)18-8-4-3-7-17(18)20(25)23-13-15-11-22-12-15;/h2,5-6,9,14-15,17-18,22H,3-4,7-8,10-13H2,1H3,(H,23,25);1H. The maximum atomic E-state index is 13.4. The summed E-state index contributed by atoms with van der Waals surface area (Å²) in [5.41, 5.74) is 2.28. The highest BCUT2D eigenvalue weighted by atomic mass is 35.5. The number of nitrogens with one attached hydrogen (secondary N) is 2. The molecular formula is C21H30ClN3O2. The molecule has 1 aromatic rings. The molecule has 2 aliphatic heterocycles. The Labute approximate surface area is 167 Å². The Morgan fingerprint density at radius 3 is 2.56 bits per heavy atom. The van der Waals surface area contributed by atoms with Gasteiger partial charge in [0.15, 0.2) is 0 Å². The van der Waals surface area contributed by atoms with Gasteiger partial charge >= 0.3 is 0 Å². The number of amides is 2. The quantitative estimate of drug-likeness (QED) is 0.829. The first-order valence-corrected chi connectivity index (χ1v) is 10.0. The van der Waals surface area contributed by atoms with Crippen molar-refractivity contribution in [3.05, 3.63) is 29.8 Å². The summed E-state index contributed by atoms with van der Waals surface area (Å²) in [6, 6.07) is 8.35. The van der Waals surface area contributed by atoms with Gasteiger partial charge in [0.05, 0.1) is 5.92 Å². The Hall–Kier alpha value is -1.59. The summed E-state index contributed by atoms with van der Waals surface area (Å²) in [5, 5.41) is 6.34. The third-order valence-electron chi connectivity index (χ3n) is 6.30. The summed E-state index contributed by atoms with van der Waals surface area (Å²) in [4.78, 5) is 28.2. The van der Waals surface area contributed by atoms with Crippen molar-refractivity contribution in [2.75, 3.05) is 24.5 Å². The summed E-state index contributed by atoms with van der Waals surface area (Å²) in [6.07, 6.45) is 4.64. The second-order valence-electron chi connectivity index (χ2n) is 8.16. The van der Waals surface area contributed by atoms with Crippen LogP contribution in [0.4, 0.5) is 5.69 Å². The summed E-state index contributed by atoms with van der Waals surface area (Å²) < 4.78 is 0. The number of nitrogens with zero attached hydrogens (tertiary/aromatic N) is 1. The van der Waals surface area contributed by atoms with E-state index in [1.54, 1.807) is 0 Å². The van der Waals surface area contributed by atoms with Gasteiger partial charge in [0.1, 0.15) is 0 Å². The van der Waals surface area contributed by atoms with Crippen LogP contribution in [0.1, 0.15) is 38.2 Å². The molecule has 2 heterocycles. The fourth-order valence-corrected chi connectivity index (χ4v) is 4.69. The van der Waals surface area contributed by atoms with E-state index in [0.29, 0.717) is 5.92 Å². The van der Waals surface area contributed by atoms with E-state index in [9.17, 15) is 9.59 Å². The number of para-hydroxylation sites is 1. The number of fused-ring (bicyclic) bond motifs is 1. The van der Waals surface area contributed by atoms with Crippen LogP contribution in [0.5, 0.6) is 0 Å². The smallest absolute Gasteiger partial charge is 0.231 e. The summed E-state index contributed by atoms with van der Waals surface area (Å²) >= 11 is 0. The van der Waals surface area contributed by atoms with Crippen molar-refractivity contribution in [1.29, 1.82) is 0 Å². The predicted octanol–water partition coefficient (Wildman–Crippen LogP) is 2.53. The van der Waals surface area contributed by atoms with Crippen molar-refractivity contribution in [2.24, 2.45) is 17.8 Å². The first-order valence-electron chi connectivity index (χ1n) is 10.0. The number of carbonyl (C=O) groups is 2. The van der Waals surface area contributed by atoms with Crippen LogP contribution in [0, 0.1) is 17.8 Å². The van der Waals surface area contributed by atoms with Crippen LogP contribution >= 0.6 is 12.4 Å². The van der Waals surface area contributed by atoms with E-state index >= 15 is 0 Å². The van der Waals surface area contributed by atoms with E-state index in [-0.39, 0.29) is 42.1 Å². The molecule has 0 radical (unpaired) electrons. The molecular weight excluding hydrogens is 362 g/mol. The summed E-state index contributed by atoms with van der Waals surface area (Å²) in [5.74, 6) is 0.408. The highest BCUT2D eigenvalue weighted by Crippen LogP contribution is 2.38. The largest absolute Gasteiger partial charge is 0.355 e. The first kappa shape index (κ1) is 20.2. The molecule has 2 amide bonds. The summed E-state index contributed by atoms with van der Waals surface area (Å²) in [7, 11) is 0. The van der Waals surface area contributed by atoms with Crippen molar-refractivity contribution in [2.45, 2.75) is 45.1 Å². The Bertz CT molecular complexity index is 692. The molecule has 1 aromatic carbocycles. The lowest BCUT2D eigenvalue weighted by atomic mass is 9.77. The Morgan fingerprint density at radius 1 is 1.15 bits per heavy atom. The van der Waals surface area contributed by atoms with Crippen LogP contribution in [0.2, 0.25) is 0 Å². The fourth-order valence-electron chi connectivity index (χ4n) is 4.69. The van der Waals surface area contributed by atoms with E-state index in [4.69, 9.17) is 0 Å². The van der Waals surface area contributed by atoms with Crippen LogP contribution < -0.4 is 15.5 Å². The van der Waals surface area contributed by atoms with Crippen molar-refractivity contribution >= 4 is 29.9 Å². The SMILES string of the molecule is CC1Cc2ccccc2N1C(=O)C1CCCCC1C(=O)NCC1CNC1.Cl. The summed E-state index contributed by atoms with van der Waals surface area (Å²) in [6.45, 7) is 4.80. The third-order valence-corrected chi connectivity index (χ3v) is 6.30. The lowest BCUT2D eigenvalue weighted by Crippen LogP contribution is -2.51. The highest BCUT2D eigenvalue weighted by Gasteiger charge is 2.41. The van der Waals surface area contributed by atoms with Gasteiger partial charge in [-0.05, 0) is 37.8 Å². The molecule has 1 aliphatic carbocycles. The molecule has 1 saturated heterocycles. The molecule has 5 nitrogen and oxygen atoms in total. The third kappa shape index (κ3) is 3.99. The molecule has 0 bridgehead atoms. The van der Waals surface area contributed by atoms with Crippen molar-refractivity contribution in [3.8, 4) is 0 Å². The number of benzene rings is 1. The molecule has 2 fully saturated rings. The topological polar surface area (TPSA) is 61.4 Å². The molecule has 3 aliphatic rings. The van der Waals surface area contributed by atoms with Crippen LogP contribution in [0.25, 0.3) is 0 Å². The van der Waals surface area contributed by atoms with Gasteiger partial charge in [0.2, 0.25) is 11.8 Å². The predicted molar refractivity (Wildman–Crippen MR) is 109 cm³/mol. The van der Waals surface area contributed by atoms with Crippen molar-refractivity contribution in [3.63, 3.8) is 0 Å². The molecule has 148 valence electrons. The molecule has 0 aromatic heterocycles. The maximum Gasteiger partial charge on any atom is 0.231 e. The van der Waals surface area contributed by atoms with Crippen LogP contribution in [-0.4, -0.2) is 37.5 Å². The van der Waals surface area contributed by atoms with Gasteiger partial charge in [-0.1, -0.05) is 31.0 Å². The van der Waals surface area contributed by atoms with Gasteiger partial charge in [-0.3, -0.25) is 9.59 Å². The van der Waals surface area contributed by atoms with E-state index < -0.39 is 0 Å². The van der Waals surface area contributed by atoms with Crippen molar-refractivity contribution in [1.82, 2.24) is 10.6 Å². The first-order chi connectivity index (χ1) is 12.6. The van der Waals surface area contributed by atoms with Gasteiger partial charge in [0, 0.05) is 43.2 Å². The van der Waals surface area contributed by atoms with E-state index in [0.717, 1.165) is 57.4 Å². The van der Waals surface area contributed by atoms with Crippen molar-refractivity contribution < 1.29 is 9.59 Å². The van der Waals surface area contributed by atoms with E-state index in [2.05, 4.69) is 23.6 Å². The van der Waals surface area contributed by atoms with Gasteiger partial charge in [0.25, 0.3) is 0 Å². The second-order valence-corrected chi connectivity index (χ2v) is 8.16. The van der Waals surface area contributed by atoms with Gasteiger partial charge in [-0.25, -0.2) is 0 Å². The zero-order valence-electron chi connectivity index (χ0n) is 15.9. The second kappa shape index (κ2) is 8.61. The number of carbonyl (C=O) groups excluding carboxylic acids is 2. The number of hydrogen-bond acceptors (Lipinski definition) is 3. The number of halogens is 1. The average Bonchev–Trinajstić information content (AvgIpc) is 2.95. The van der Waals surface area contributed by atoms with E-state index in [1.807, 2.05) is 23.1 Å². The normalized spacial score (nSPS) is 27.3. The molecule has 6 heteroatoms. The Kier molecular flexibility index (Phi) is 6.43. The molecule has 27 heavy (non-hydrogen) atoms. The molecule has 0 spiro atoms. The molecule has 2 N–H and O–H groups in total. The zero-order chi connectivity index (χ0) is 18.1. The highest BCUT2D eigenvalue weighted by molar-refractivity contribution is 6.00. The molecule has 3 unspecified atom stereocenters. The minimum atomic E-state index is -0.183. The lowest BCUT2D eigenvalue weighted by Gasteiger charge is -2.35. The Balaban J connectivity index is 0.00000210. The maximum absolute atomic E-state index is 13.4. The van der Waals surface area contributed by atoms with Gasteiger partial charge < -0.3 is 15.5 Å². The molecule has 1 saturated carbocycles. The number of anilines is 1. The lowest BCUT2D eigenvalue weighted by molar-refractivity contribution is -0.135. The van der Waals surface area contributed by atoms with E-state index in [1.165, 1.54) is 5.56 Å². The van der Waals surface area contributed by atoms with Crippen LogP contribution in [-0.2, 0) is 16.0 Å². The molecule has 3 atom stereocenters. The van der Waals surface area contributed by atoms with Crippen LogP contribution in [0.15, 0.2) is 24.3 Å². The van der Waals surface area contributed by atoms with Gasteiger partial charge in [-0.15, -0.1) is 12.4 Å². The van der Waals surface area contributed by atoms with Crippen LogP contribution in [0.3, 0.4) is 0 Å². The average molecular weight is 392 g/mol. The molecule has 4 rings (SSSR count). The minimum Gasteiger partial charge on any atom is -0.355 e. The number of hydrogen-bond donors (Lipinski definition) is 2. The minimum absolute atomic E-state index is 0. The monoisotopic (exact) mass is 391 g/mol. The Morgan fingerprint density at radius 2 is 1.85 bits per heavy atom. The van der Waals surface area contributed by atoms with Gasteiger partial charge in [-0.2, -0.15) is 0 Å². The zero-order valence-corrected chi connectivity index (χ0v) is 16.8. The fraction of sp³-hybridized carbons (Fsp3) is 0.619. The number of rotatable bonds is 4.